The van der Waals surface area contributed by atoms with Crippen LogP contribution in [0.15, 0.2) is 0 Å². The lowest BCUT2D eigenvalue weighted by molar-refractivity contribution is -0.144. The standard InChI is InChI=1S/C9H15NO3/c1-6(2)3-4-7(9(12)13)8(11)5-10/h5-7,10H,3-4H2,1-2H3,(H,12,13). The van der Waals surface area contributed by atoms with E-state index in [0.717, 1.165) is 0 Å². The van der Waals surface area contributed by atoms with E-state index < -0.39 is 17.7 Å². The molecule has 74 valence electrons. The van der Waals surface area contributed by atoms with Crippen LogP contribution in [0.1, 0.15) is 26.7 Å². The van der Waals surface area contributed by atoms with Crippen molar-refractivity contribution in [1.82, 2.24) is 0 Å². The highest BCUT2D eigenvalue weighted by Gasteiger charge is 2.23. The van der Waals surface area contributed by atoms with Gasteiger partial charge in [-0.25, -0.2) is 0 Å². The lowest BCUT2D eigenvalue weighted by Crippen LogP contribution is -2.24. The van der Waals surface area contributed by atoms with E-state index in [1.807, 2.05) is 13.8 Å². The Morgan fingerprint density at radius 1 is 1.38 bits per heavy atom. The predicted octanol–water partition coefficient (Wildman–Crippen LogP) is 1.34. The summed E-state index contributed by atoms with van der Waals surface area (Å²) < 4.78 is 0. The first-order chi connectivity index (χ1) is 5.99. The molecule has 0 bridgehead atoms. The number of hydrogen-bond donors (Lipinski definition) is 2. The van der Waals surface area contributed by atoms with Crippen molar-refractivity contribution in [3.8, 4) is 0 Å². The molecule has 0 aliphatic rings. The van der Waals surface area contributed by atoms with Gasteiger partial charge in [0.1, 0.15) is 5.92 Å². The van der Waals surface area contributed by atoms with E-state index in [4.69, 9.17) is 10.5 Å². The number of carboxylic acids is 1. The minimum absolute atomic E-state index is 0.321. The van der Waals surface area contributed by atoms with Gasteiger partial charge in [-0.05, 0) is 18.8 Å². The second kappa shape index (κ2) is 5.45. The number of ketones is 1. The van der Waals surface area contributed by atoms with Crippen molar-refractivity contribution in [2.24, 2.45) is 11.8 Å². The Balaban J connectivity index is 4.19. The molecule has 0 spiro atoms. The number of nitrogens with one attached hydrogen (secondary N) is 1. The van der Waals surface area contributed by atoms with E-state index in [-0.39, 0.29) is 0 Å². The number of carboxylic acid groups (broad SMARTS) is 1. The maximum absolute atomic E-state index is 10.9. The maximum atomic E-state index is 10.9. The molecule has 0 saturated heterocycles. The van der Waals surface area contributed by atoms with Gasteiger partial charge in [0.2, 0.25) is 0 Å². The van der Waals surface area contributed by atoms with Crippen molar-refractivity contribution in [3.05, 3.63) is 0 Å². The molecule has 13 heavy (non-hydrogen) atoms. The quantitative estimate of drug-likeness (QED) is 0.484. The predicted molar refractivity (Wildman–Crippen MR) is 49.0 cm³/mol. The van der Waals surface area contributed by atoms with Crippen molar-refractivity contribution >= 4 is 18.0 Å². The number of Topliss-reactive ketones (excluding diaryl/α,β-unsaturated/α-hetero) is 1. The summed E-state index contributed by atoms with van der Waals surface area (Å²) in [6, 6.07) is 0. The van der Waals surface area contributed by atoms with Crippen LogP contribution in [0.5, 0.6) is 0 Å². The van der Waals surface area contributed by atoms with Crippen LogP contribution in [-0.4, -0.2) is 23.1 Å². The lowest BCUT2D eigenvalue weighted by Gasteiger charge is -2.09. The zero-order valence-electron chi connectivity index (χ0n) is 7.91. The van der Waals surface area contributed by atoms with Crippen LogP contribution in [0, 0.1) is 17.2 Å². The smallest absolute Gasteiger partial charge is 0.314 e. The first-order valence-electron chi connectivity index (χ1n) is 4.26. The summed E-state index contributed by atoms with van der Waals surface area (Å²) >= 11 is 0. The molecule has 0 amide bonds. The molecule has 0 aromatic heterocycles. The van der Waals surface area contributed by atoms with Crippen LogP contribution in [-0.2, 0) is 9.59 Å². The number of carbonyl (C=O) groups is 2. The summed E-state index contributed by atoms with van der Waals surface area (Å²) in [6.45, 7) is 3.93. The van der Waals surface area contributed by atoms with Crippen LogP contribution in [0.3, 0.4) is 0 Å². The van der Waals surface area contributed by atoms with Gasteiger partial charge < -0.3 is 10.5 Å². The van der Waals surface area contributed by atoms with Crippen LogP contribution in [0.2, 0.25) is 0 Å². The molecule has 0 aromatic carbocycles. The molecule has 0 aromatic rings. The molecule has 0 radical (unpaired) electrons. The van der Waals surface area contributed by atoms with Gasteiger partial charge in [-0.15, -0.1) is 0 Å². The minimum Gasteiger partial charge on any atom is -0.481 e. The van der Waals surface area contributed by atoms with E-state index in [1.165, 1.54) is 0 Å². The number of rotatable bonds is 6. The van der Waals surface area contributed by atoms with E-state index in [0.29, 0.717) is 25.0 Å². The van der Waals surface area contributed by atoms with E-state index in [2.05, 4.69) is 0 Å². The molecular formula is C9H15NO3. The molecule has 1 atom stereocenters. The fourth-order valence-electron chi connectivity index (χ4n) is 0.988. The Morgan fingerprint density at radius 2 is 1.92 bits per heavy atom. The Labute approximate surface area is 77.5 Å². The Bertz CT molecular complexity index is 211. The third-order valence-corrected chi connectivity index (χ3v) is 1.82. The largest absolute Gasteiger partial charge is 0.481 e. The van der Waals surface area contributed by atoms with E-state index in [9.17, 15) is 9.59 Å². The van der Waals surface area contributed by atoms with Gasteiger partial charge in [-0.3, -0.25) is 9.59 Å². The van der Waals surface area contributed by atoms with Gasteiger partial charge in [0.15, 0.2) is 5.78 Å². The highest BCUT2D eigenvalue weighted by molar-refractivity contribution is 6.31. The third-order valence-electron chi connectivity index (χ3n) is 1.82. The third kappa shape index (κ3) is 4.40. The highest BCUT2D eigenvalue weighted by Crippen LogP contribution is 2.12. The molecular weight excluding hydrogens is 170 g/mol. The first kappa shape index (κ1) is 11.8. The summed E-state index contributed by atoms with van der Waals surface area (Å²) in [4.78, 5) is 21.5. The molecule has 0 aliphatic carbocycles. The van der Waals surface area contributed by atoms with Gasteiger partial charge in [0.25, 0.3) is 0 Å². The average Bonchev–Trinajstić information content (AvgIpc) is 2.03. The number of aliphatic carboxylic acids is 1. The van der Waals surface area contributed by atoms with Gasteiger partial charge in [-0.2, -0.15) is 0 Å². The first-order valence-corrected chi connectivity index (χ1v) is 4.26. The molecule has 1 unspecified atom stereocenters. The Kier molecular flexibility index (Phi) is 4.96. The summed E-state index contributed by atoms with van der Waals surface area (Å²) in [5.41, 5.74) is 0. The molecule has 0 saturated carbocycles. The van der Waals surface area contributed by atoms with Crippen molar-refractivity contribution in [1.29, 1.82) is 5.41 Å². The zero-order chi connectivity index (χ0) is 10.4. The minimum atomic E-state index is -1.13. The summed E-state index contributed by atoms with van der Waals surface area (Å²) in [6.07, 6.45) is 1.59. The second-order valence-electron chi connectivity index (χ2n) is 3.41. The van der Waals surface area contributed by atoms with Crippen molar-refractivity contribution in [2.75, 3.05) is 0 Å². The van der Waals surface area contributed by atoms with Crippen molar-refractivity contribution in [2.45, 2.75) is 26.7 Å². The SMILES string of the molecule is CC(C)CCC(C(=O)O)C(=O)C=N. The molecule has 4 heteroatoms. The molecule has 0 fully saturated rings. The summed E-state index contributed by atoms with van der Waals surface area (Å²) in [7, 11) is 0. The second-order valence-corrected chi connectivity index (χ2v) is 3.41. The Morgan fingerprint density at radius 3 is 2.23 bits per heavy atom. The van der Waals surface area contributed by atoms with Crippen LogP contribution >= 0.6 is 0 Å². The average molecular weight is 185 g/mol. The van der Waals surface area contributed by atoms with Crippen LogP contribution in [0.25, 0.3) is 0 Å². The van der Waals surface area contributed by atoms with Crippen molar-refractivity contribution < 1.29 is 14.7 Å². The van der Waals surface area contributed by atoms with E-state index >= 15 is 0 Å². The monoisotopic (exact) mass is 185 g/mol. The van der Waals surface area contributed by atoms with Crippen molar-refractivity contribution in [3.63, 3.8) is 0 Å². The number of hydrogen-bond acceptors (Lipinski definition) is 3. The van der Waals surface area contributed by atoms with Gasteiger partial charge in [0.05, 0.1) is 6.21 Å². The zero-order valence-corrected chi connectivity index (χ0v) is 7.91. The lowest BCUT2D eigenvalue weighted by atomic mass is 9.95. The normalized spacial score (nSPS) is 12.5. The fourth-order valence-corrected chi connectivity index (χ4v) is 0.988. The summed E-state index contributed by atoms with van der Waals surface area (Å²) in [5.74, 6) is -2.40. The Hall–Kier alpha value is -1.19. The highest BCUT2D eigenvalue weighted by atomic mass is 16.4. The molecule has 2 N–H and O–H groups in total. The topological polar surface area (TPSA) is 78.2 Å². The molecule has 0 heterocycles. The van der Waals surface area contributed by atoms with Gasteiger partial charge >= 0.3 is 5.97 Å². The fraction of sp³-hybridized carbons (Fsp3) is 0.667. The van der Waals surface area contributed by atoms with Gasteiger partial charge in [0, 0.05) is 0 Å². The number of carbonyl (C=O) groups excluding carboxylic acids is 1. The van der Waals surface area contributed by atoms with Crippen LogP contribution < -0.4 is 0 Å². The molecule has 0 aliphatic heterocycles. The maximum Gasteiger partial charge on any atom is 0.314 e. The molecule has 0 rings (SSSR count). The summed E-state index contributed by atoms with van der Waals surface area (Å²) in [5, 5.41) is 15.3. The molecule has 4 nitrogen and oxygen atoms in total. The van der Waals surface area contributed by atoms with E-state index in [1.54, 1.807) is 0 Å². The van der Waals surface area contributed by atoms with Crippen LogP contribution in [0.4, 0.5) is 0 Å². The van der Waals surface area contributed by atoms with Gasteiger partial charge in [-0.1, -0.05) is 13.8 Å².